The Hall–Kier alpha value is 0.500. The van der Waals surface area contributed by atoms with E-state index in [1.807, 2.05) is 6.92 Å². The summed E-state index contributed by atoms with van der Waals surface area (Å²) in [7, 11) is 0. The Balaban J connectivity index is 0. The van der Waals surface area contributed by atoms with Crippen molar-refractivity contribution in [3.8, 4) is 0 Å². The second kappa shape index (κ2) is 9.59. The van der Waals surface area contributed by atoms with Gasteiger partial charge in [0, 0.05) is 11.0 Å². The largest absolute Gasteiger partial charge is 1.00 e. The van der Waals surface area contributed by atoms with E-state index < -0.39 is 5.97 Å². The molecule has 12 heavy (non-hydrogen) atoms. The van der Waals surface area contributed by atoms with Crippen LogP contribution in [0.4, 0.5) is 0 Å². The van der Waals surface area contributed by atoms with E-state index in [4.69, 9.17) is 11.6 Å². The van der Waals surface area contributed by atoms with Gasteiger partial charge in [0.15, 0.2) is 0 Å². The van der Waals surface area contributed by atoms with Gasteiger partial charge in [0.05, 0.1) is 0 Å². The van der Waals surface area contributed by atoms with Crippen molar-refractivity contribution in [2.45, 2.75) is 32.6 Å². The number of carbonyl (C=O) groups excluding carboxylic acids is 1. The van der Waals surface area contributed by atoms with Crippen molar-refractivity contribution in [3.05, 3.63) is 11.1 Å². The molecule has 4 heteroatoms. The van der Waals surface area contributed by atoms with Crippen molar-refractivity contribution in [1.29, 1.82) is 0 Å². The topological polar surface area (TPSA) is 40.1 Å². The van der Waals surface area contributed by atoms with Crippen LogP contribution in [-0.2, 0) is 4.79 Å². The maximum absolute atomic E-state index is 9.96. The van der Waals surface area contributed by atoms with Gasteiger partial charge < -0.3 is 9.90 Å². The van der Waals surface area contributed by atoms with Gasteiger partial charge in [-0.3, -0.25) is 0 Å². The Labute approximate surface area is 100 Å². The van der Waals surface area contributed by atoms with Crippen LogP contribution in [0.1, 0.15) is 32.6 Å². The van der Waals surface area contributed by atoms with Crippen LogP contribution in [0.25, 0.3) is 0 Å². The van der Waals surface area contributed by atoms with Gasteiger partial charge in [-0.15, -0.1) is 0 Å². The van der Waals surface area contributed by atoms with Crippen molar-refractivity contribution in [3.63, 3.8) is 0 Å². The van der Waals surface area contributed by atoms with E-state index in [0.717, 1.165) is 17.9 Å². The van der Waals surface area contributed by atoms with E-state index in [0.29, 0.717) is 6.42 Å². The zero-order valence-electron chi connectivity index (χ0n) is 7.60. The summed E-state index contributed by atoms with van der Waals surface area (Å²) < 4.78 is 0. The summed E-state index contributed by atoms with van der Waals surface area (Å²) in [4.78, 5) is 9.96. The summed E-state index contributed by atoms with van der Waals surface area (Å²) in [6, 6.07) is 0. The molecule has 0 aromatic heterocycles. The third-order valence-electron chi connectivity index (χ3n) is 1.20. The number of rotatable bonds is 5. The third-order valence-corrected chi connectivity index (χ3v) is 1.55. The summed E-state index contributed by atoms with van der Waals surface area (Å²) >= 11 is 5.71. The number of halogens is 1. The van der Waals surface area contributed by atoms with Crippen LogP contribution in [-0.4, -0.2) is 5.97 Å². The van der Waals surface area contributed by atoms with E-state index in [1.54, 1.807) is 6.08 Å². The third kappa shape index (κ3) is 10.5. The number of hydrogen-bond acceptors (Lipinski definition) is 2. The van der Waals surface area contributed by atoms with Crippen LogP contribution >= 0.6 is 11.6 Å². The molecule has 0 aliphatic carbocycles. The Kier molecular flexibility index (Phi) is 12.0. The number of carboxylic acid groups (broad SMARTS) is 1. The van der Waals surface area contributed by atoms with Crippen LogP contribution in [0.15, 0.2) is 11.1 Å². The van der Waals surface area contributed by atoms with Crippen LogP contribution in [0.3, 0.4) is 0 Å². The van der Waals surface area contributed by atoms with Crippen LogP contribution in [0, 0.1) is 0 Å². The first-order valence-electron chi connectivity index (χ1n) is 3.71. The van der Waals surface area contributed by atoms with E-state index in [9.17, 15) is 9.90 Å². The fourth-order valence-electron chi connectivity index (χ4n) is 0.688. The Morgan fingerprint density at radius 2 is 2.08 bits per heavy atom. The molecule has 0 fully saturated rings. The molecule has 0 rings (SSSR count). The van der Waals surface area contributed by atoms with Gasteiger partial charge in [0.25, 0.3) is 0 Å². The van der Waals surface area contributed by atoms with Gasteiger partial charge in [-0.2, -0.15) is 0 Å². The molecule has 0 saturated carbocycles. The molecule has 0 heterocycles. The van der Waals surface area contributed by atoms with E-state index in [1.165, 1.54) is 0 Å². The molecule has 0 spiro atoms. The minimum absolute atomic E-state index is 0. The maximum Gasteiger partial charge on any atom is 1.00 e. The summed E-state index contributed by atoms with van der Waals surface area (Å²) in [5.41, 5.74) is 0. The molecule has 0 bridgehead atoms. The average Bonchev–Trinajstić information content (AvgIpc) is 1.87. The molecule has 0 aromatic rings. The summed E-state index contributed by atoms with van der Waals surface area (Å²) in [6.07, 6.45) is 4.08. The first-order chi connectivity index (χ1) is 5.16. The number of carboxylic acids is 1. The second-order valence-electron chi connectivity index (χ2n) is 2.31. The molecule has 2 nitrogen and oxygen atoms in total. The van der Waals surface area contributed by atoms with Gasteiger partial charge in [-0.25, -0.2) is 0 Å². The summed E-state index contributed by atoms with van der Waals surface area (Å²) in [5, 5.41) is 10.7. The normalized spacial score (nSPS) is 10.7. The zero-order chi connectivity index (χ0) is 8.69. The van der Waals surface area contributed by atoms with Crippen molar-refractivity contribution in [2.24, 2.45) is 0 Å². The summed E-state index contributed by atoms with van der Waals surface area (Å²) in [6.45, 7) is 2.02. The fraction of sp³-hybridized carbons (Fsp3) is 0.625. The Morgan fingerprint density at radius 1 is 1.50 bits per heavy atom. The molecule has 0 atom stereocenters. The van der Waals surface area contributed by atoms with Crippen molar-refractivity contribution in [2.75, 3.05) is 0 Å². The average molecular weight is 199 g/mol. The fourth-order valence-corrected chi connectivity index (χ4v) is 0.986. The minimum atomic E-state index is -1.03. The molecule has 0 unspecified atom stereocenters. The quantitative estimate of drug-likeness (QED) is 0.502. The molecule has 0 aliphatic heterocycles. The van der Waals surface area contributed by atoms with E-state index >= 15 is 0 Å². The van der Waals surface area contributed by atoms with Gasteiger partial charge in [0.2, 0.25) is 0 Å². The molecule has 0 radical (unpaired) electrons. The van der Waals surface area contributed by atoms with Crippen molar-refractivity contribution in [1.82, 2.24) is 0 Å². The Bertz CT molecular complexity index is 157. The molecular formula is C8H12ClNaO2. The van der Waals surface area contributed by atoms with Crippen LogP contribution in [0.5, 0.6) is 0 Å². The van der Waals surface area contributed by atoms with Crippen LogP contribution < -0.4 is 34.7 Å². The summed E-state index contributed by atoms with van der Waals surface area (Å²) in [5.74, 6) is -1.03. The molecule has 0 amide bonds. The van der Waals surface area contributed by atoms with Crippen molar-refractivity contribution >= 4 is 17.6 Å². The zero-order valence-corrected chi connectivity index (χ0v) is 10.4. The number of aliphatic carboxylic acids is 1. The number of carbonyl (C=O) groups is 1. The van der Waals surface area contributed by atoms with E-state index in [2.05, 4.69) is 0 Å². The van der Waals surface area contributed by atoms with Gasteiger partial charge >= 0.3 is 29.6 Å². The van der Waals surface area contributed by atoms with Gasteiger partial charge in [-0.05, 0) is 19.3 Å². The minimum Gasteiger partial charge on any atom is -0.550 e. The van der Waals surface area contributed by atoms with Gasteiger partial charge in [0.1, 0.15) is 0 Å². The SMILES string of the molecule is CCC/C(Cl)=C/CCC(=O)[O-].[Na+]. The molecule has 0 saturated heterocycles. The number of hydrogen-bond donors (Lipinski definition) is 0. The Morgan fingerprint density at radius 3 is 2.50 bits per heavy atom. The predicted octanol–water partition coefficient (Wildman–Crippen LogP) is -1.56. The molecule has 64 valence electrons. The first kappa shape index (κ1) is 15.0. The molecular weight excluding hydrogens is 187 g/mol. The van der Waals surface area contributed by atoms with Crippen molar-refractivity contribution < 1.29 is 39.5 Å². The van der Waals surface area contributed by atoms with Crippen LogP contribution in [0.2, 0.25) is 0 Å². The second-order valence-corrected chi connectivity index (χ2v) is 2.80. The monoisotopic (exact) mass is 198 g/mol. The number of allylic oxidation sites excluding steroid dienone is 2. The molecule has 0 aliphatic rings. The van der Waals surface area contributed by atoms with Gasteiger partial charge in [-0.1, -0.05) is 31.0 Å². The van der Waals surface area contributed by atoms with E-state index in [-0.39, 0.29) is 36.0 Å². The standard InChI is InChI=1S/C8H13ClO2.Na/c1-2-4-7(9)5-3-6-8(10)11;/h5H,2-4,6H2,1H3,(H,10,11);/q;+1/p-1/b7-5-;. The smallest absolute Gasteiger partial charge is 0.550 e. The maximum atomic E-state index is 9.96. The predicted molar refractivity (Wildman–Crippen MR) is 43.1 cm³/mol. The molecule has 0 N–H and O–H groups in total. The molecule has 0 aromatic carbocycles. The first-order valence-corrected chi connectivity index (χ1v) is 4.09.